The fourth-order valence-electron chi connectivity index (χ4n) is 2.70. The molecule has 1 aromatic heterocycles. The number of hydrogen-bond donors (Lipinski definition) is 1. The van der Waals surface area contributed by atoms with E-state index in [1.165, 1.54) is 30.6 Å². The van der Waals surface area contributed by atoms with Crippen molar-refractivity contribution in [2.24, 2.45) is 0 Å². The van der Waals surface area contributed by atoms with Gasteiger partial charge in [0.05, 0.1) is 11.1 Å². The van der Waals surface area contributed by atoms with E-state index in [0.717, 1.165) is 19.6 Å². The number of ether oxygens (including phenoxy) is 1. The van der Waals surface area contributed by atoms with Gasteiger partial charge in [0.25, 0.3) is 0 Å². The molecule has 1 atom stereocenters. The maximum absolute atomic E-state index is 5.92. The Hall–Kier alpha value is -0.450. The maximum atomic E-state index is 5.92. The van der Waals surface area contributed by atoms with E-state index in [1.54, 1.807) is 11.3 Å². The molecule has 1 saturated heterocycles. The molecule has 0 bridgehead atoms. The van der Waals surface area contributed by atoms with Crippen LogP contribution in [0, 0.1) is 0 Å². The summed E-state index contributed by atoms with van der Waals surface area (Å²) >= 11 is 1.73. The topological polar surface area (TPSA) is 34.2 Å². The zero-order chi connectivity index (χ0) is 10.8. The van der Waals surface area contributed by atoms with E-state index in [1.807, 2.05) is 11.7 Å². The van der Waals surface area contributed by atoms with Gasteiger partial charge in [-0.3, -0.25) is 4.98 Å². The summed E-state index contributed by atoms with van der Waals surface area (Å²) in [4.78, 5) is 5.42. The minimum atomic E-state index is 0.254. The van der Waals surface area contributed by atoms with Crippen LogP contribution in [0.2, 0.25) is 0 Å². The monoisotopic (exact) mass is 238 g/mol. The molecule has 16 heavy (non-hydrogen) atoms. The van der Waals surface area contributed by atoms with Crippen molar-refractivity contribution in [3.63, 3.8) is 0 Å². The van der Waals surface area contributed by atoms with Gasteiger partial charge in [0, 0.05) is 30.3 Å². The van der Waals surface area contributed by atoms with Crippen LogP contribution in [-0.4, -0.2) is 23.2 Å². The van der Waals surface area contributed by atoms with Gasteiger partial charge in [0.15, 0.2) is 0 Å². The highest BCUT2D eigenvalue weighted by Gasteiger charge is 2.42. The van der Waals surface area contributed by atoms with Gasteiger partial charge in [-0.1, -0.05) is 0 Å². The van der Waals surface area contributed by atoms with Gasteiger partial charge in [-0.15, -0.1) is 11.3 Å². The Morgan fingerprint density at radius 2 is 2.50 bits per heavy atom. The molecule has 0 radical (unpaired) electrons. The predicted molar refractivity (Wildman–Crippen MR) is 64.5 cm³/mol. The molecule has 1 saturated carbocycles. The lowest BCUT2D eigenvalue weighted by molar-refractivity contribution is -0.135. The lowest BCUT2D eigenvalue weighted by Crippen LogP contribution is -2.50. The first-order valence-electron chi connectivity index (χ1n) is 6.11. The van der Waals surface area contributed by atoms with E-state index >= 15 is 0 Å². The molecule has 2 fully saturated rings. The van der Waals surface area contributed by atoms with Crippen molar-refractivity contribution in [1.82, 2.24) is 10.3 Å². The van der Waals surface area contributed by atoms with Gasteiger partial charge in [-0.25, -0.2) is 0 Å². The normalized spacial score (nSPS) is 27.9. The molecule has 4 heteroatoms. The van der Waals surface area contributed by atoms with E-state index in [4.69, 9.17) is 4.74 Å². The molecule has 2 heterocycles. The van der Waals surface area contributed by atoms with E-state index in [-0.39, 0.29) is 5.60 Å². The summed E-state index contributed by atoms with van der Waals surface area (Å²) < 4.78 is 5.92. The van der Waals surface area contributed by atoms with Crippen LogP contribution in [-0.2, 0) is 11.3 Å². The van der Waals surface area contributed by atoms with Gasteiger partial charge < -0.3 is 10.1 Å². The summed E-state index contributed by atoms with van der Waals surface area (Å²) in [6.07, 6.45) is 8.20. The van der Waals surface area contributed by atoms with Gasteiger partial charge in [0.1, 0.15) is 0 Å². The molecule has 2 aliphatic rings. The molecule has 0 aromatic carbocycles. The molecule has 0 amide bonds. The van der Waals surface area contributed by atoms with Crippen LogP contribution in [0.15, 0.2) is 11.7 Å². The lowest BCUT2D eigenvalue weighted by atomic mass is 9.74. The highest BCUT2D eigenvalue weighted by molar-refractivity contribution is 7.09. The molecule has 1 aliphatic heterocycles. The minimum absolute atomic E-state index is 0.254. The molecule has 88 valence electrons. The van der Waals surface area contributed by atoms with Gasteiger partial charge in [-0.05, 0) is 32.1 Å². The van der Waals surface area contributed by atoms with E-state index in [0.29, 0.717) is 6.04 Å². The Morgan fingerprint density at radius 3 is 3.19 bits per heavy atom. The molecule has 3 rings (SSSR count). The number of aromatic nitrogens is 1. The Kier molecular flexibility index (Phi) is 2.96. The van der Waals surface area contributed by atoms with E-state index in [2.05, 4.69) is 10.3 Å². The summed E-state index contributed by atoms with van der Waals surface area (Å²) in [5.74, 6) is 0. The average molecular weight is 238 g/mol. The SMILES string of the molecule is c1ncc(CNC2CCOC3(CCC3)C2)s1. The Labute approximate surface area is 100 Å². The summed E-state index contributed by atoms with van der Waals surface area (Å²) in [6, 6.07) is 0.635. The number of nitrogens with one attached hydrogen (secondary N) is 1. The van der Waals surface area contributed by atoms with E-state index in [9.17, 15) is 0 Å². The van der Waals surface area contributed by atoms with E-state index < -0.39 is 0 Å². The first-order chi connectivity index (χ1) is 7.86. The van der Waals surface area contributed by atoms with Crippen LogP contribution in [0.3, 0.4) is 0 Å². The van der Waals surface area contributed by atoms with Crippen LogP contribution >= 0.6 is 11.3 Å². The second kappa shape index (κ2) is 4.43. The largest absolute Gasteiger partial charge is 0.375 e. The minimum Gasteiger partial charge on any atom is -0.375 e. The van der Waals surface area contributed by atoms with Crippen LogP contribution < -0.4 is 5.32 Å². The first kappa shape index (κ1) is 10.7. The van der Waals surface area contributed by atoms with Crippen molar-refractivity contribution < 1.29 is 4.74 Å². The smallest absolute Gasteiger partial charge is 0.0794 e. The van der Waals surface area contributed by atoms with Gasteiger partial charge >= 0.3 is 0 Å². The van der Waals surface area contributed by atoms with Crippen LogP contribution in [0.5, 0.6) is 0 Å². The van der Waals surface area contributed by atoms with Crippen molar-refractivity contribution >= 4 is 11.3 Å². The fraction of sp³-hybridized carbons (Fsp3) is 0.750. The molecular formula is C12H18N2OS. The quantitative estimate of drug-likeness (QED) is 0.877. The molecule has 1 aromatic rings. The second-order valence-electron chi connectivity index (χ2n) is 4.92. The van der Waals surface area contributed by atoms with Crippen molar-refractivity contribution in [3.05, 3.63) is 16.6 Å². The van der Waals surface area contributed by atoms with Crippen molar-refractivity contribution in [2.45, 2.75) is 50.3 Å². The Bertz CT molecular complexity index is 335. The molecule has 1 aliphatic carbocycles. The third-order valence-electron chi connectivity index (χ3n) is 3.81. The van der Waals surface area contributed by atoms with Crippen LogP contribution in [0.4, 0.5) is 0 Å². The van der Waals surface area contributed by atoms with Crippen molar-refractivity contribution in [2.75, 3.05) is 6.61 Å². The Morgan fingerprint density at radius 1 is 1.56 bits per heavy atom. The Balaban J connectivity index is 1.51. The zero-order valence-corrected chi connectivity index (χ0v) is 10.3. The van der Waals surface area contributed by atoms with Crippen molar-refractivity contribution in [3.8, 4) is 0 Å². The average Bonchev–Trinajstić information content (AvgIpc) is 2.77. The highest BCUT2D eigenvalue weighted by atomic mass is 32.1. The van der Waals surface area contributed by atoms with Gasteiger partial charge in [0.2, 0.25) is 0 Å². The number of nitrogens with zero attached hydrogens (tertiary/aromatic N) is 1. The second-order valence-corrected chi connectivity index (χ2v) is 5.89. The maximum Gasteiger partial charge on any atom is 0.0794 e. The molecule has 1 spiro atoms. The molecular weight excluding hydrogens is 220 g/mol. The van der Waals surface area contributed by atoms with Crippen LogP contribution in [0.25, 0.3) is 0 Å². The van der Waals surface area contributed by atoms with Gasteiger partial charge in [-0.2, -0.15) is 0 Å². The fourth-order valence-corrected chi connectivity index (χ4v) is 3.24. The predicted octanol–water partition coefficient (Wildman–Crippen LogP) is 2.33. The highest BCUT2D eigenvalue weighted by Crippen LogP contribution is 2.42. The molecule has 3 nitrogen and oxygen atoms in total. The number of hydrogen-bond acceptors (Lipinski definition) is 4. The standard InChI is InChI=1S/C12H18N2OS/c1-3-12(4-1)6-10(2-5-15-12)14-8-11-7-13-9-16-11/h7,9-10,14H,1-6,8H2. The molecule has 1 unspecified atom stereocenters. The zero-order valence-electron chi connectivity index (χ0n) is 9.45. The number of thiazole rings is 1. The lowest BCUT2D eigenvalue weighted by Gasteiger charge is -2.47. The van der Waals surface area contributed by atoms with Crippen LogP contribution in [0.1, 0.15) is 37.0 Å². The summed E-state index contributed by atoms with van der Waals surface area (Å²) in [5, 5.41) is 3.64. The first-order valence-corrected chi connectivity index (χ1v) is 6.99. The summed E-state index contributed by atoms with van der Waals surface area (Å²) in [5.41, 5.74) is 2.15. The third kappa shape index (κ3) is 2.14. The summed E-state index contributed by atoms with van der Waals surface area (Å²) in [7, 11) is 0. The van der Waals surface area contributed by atoms with Crippen molar-refractivity contribution in [1.29, 1.82) is 0 Å². The summed E-state index contributed by atoms with van der Waals surface area (Å²) in [6.45, 7) is 1.89. The number of rotatable bonds is 3. The third-order valence-corrected chi connectivity index (χ3v) is 4.59. The molecule has 1 N–H and O–H groups in total.